The van der Waals surface area contributed by atoms with Crippen LogP contribution in [0.2, 0.25) is 0 Å². The Balaban J connectivity index is 1.21. The minimum absolute atomic E-state index is 0.0872. The van der Waals surface area contributed by atoms with Crippen molar-refractivity contribution in [1.82, 2.24) is 9.88 Å². The van der Waals surface area contributed by atoms with Crippen LogP contribution in [0.3, 0.4) is 0 Å². The van der Waals surface area contributed by atoms with E-state index in [-0.39, 0.29) is 24.5 Å². The average molecular weight is 438 g/mol. The van der Waals surface area contributed by atoms with Crippen LogP contribution in [0.1, 0.15) is 25.7 Å². The SMILES string of the molecule is O=C(CCCn1c(=O)oc2ccccc21)Nc1ccc(NC(=O)NCC2CCCO2)cc1. The Labute approximate surface area is 184 Å². The van der Waals surface area contributed by atoms with Crippen molar-refractivity contribution < 1.29 is 18.7 Å². The van der Waals surface area contributed by atoms with E-state index in [0.717, 1.165) is 25.0 Å². The van der Waals surface area contributed by atoms with E-state index in [4.69, 9.17) is 9.15 Å². The number of aryl methyl sites for hydroxylation is 1. The van der Waals surface area contributed by atoms with Crippen LogP contribution in [-0.2, 0) is 16.1 Å². The van der Waals surface area contributed by atoms with Crippen molar-refractivity contribution >= 4 is 34.4 Å². The molecule has 3 amide bonds. The van der Waals surface area contributed by atoms with Gasteiger partial charge in [-0.15, -0.1) is 0 Å². The molecule has 32 heavy (non-hydrogen) atoms. The Kier molecular flexibility index (Phi) is 6.86. The van der Waals surface area contributed by atoms with Gasteiger partial charge in [-0.2, -0.15) is 0 Å². The highest BCUT2D eigenvalue weighted by Crippen LogP contribution is 2.16. The molecule has 1 saturated heterocycles. The second-order valence-corrected chi connectivity index (χ2v) is 7.69. The van der Waals surface area contributed by atoms with Gasteiger partial charge in [-0.3, -0.25) is 9.36 Å². The van der Waals surface area contributed by atoms with Crippen molar-refractivity contribution in [2.45, 2.75) is 38.3 Å². The van der Waals surface area contributed by atoms with Crippen LogP contribution in [0.5, 0.6) is 0 Å². The first-order valence-corrected chi connectivity index (χ1v) is 10.7. The molecule has 1 unspecified atom stereocenters. The number of anilines is 2. The zero-order chi connectivity index (χ0) is 22.3. The summed E-state index contributed by atoms with van der Waals surface area (Å²) in [6, 6.07) is 13.8. The summed E-state index contributed by atoms with van der Waals surface area (Å²) in [6.07, 6.45) is 2.84. The van der Waals surface area contributed by atoms with Crippen LogP contribution in [0.4, 0.5) is 16.2 Å². The van der Waals surface area contributed by atoms with Crippen LogP contribution in [-0.4, -0.2) is 35.8 Å². The van der Waals surface area contributed by atoms with Gasteiger partial charge in [0.25, 0.3) is 0 Å². The molecule has 0 saturated carbocycles. The first-order chi connectivity index (χ1) is 15.6. The van der Waals surface area contributed by atoms with Crippen LogP contribution >= 0.6 is 0 Å². The number of ether oxygens (including phenoxy) is 1. The molecule has 168 valence electrons. The number of rotatable bonds is 8. The molecule has 0 aliphatic carbocycles. The maximum Gasteiger partial charge on any atom is 0.419 e. The van der Waals surface area contributed by atoms with E-state index in [1.807, 2.05) is 18.2 Å². The molecule has 9 heteroatoms. The van der Waals surface area contributed by atoms with Crippen molar-refractivity contribution in [2.24, 2.45) is 0 Å². The fraction of sp³-hybridized carbons (Fsp3) is 0.348. The van der Waals surface area contributed by atoms with Crippen LogP contribution in [0.15, 0.2) is 57.7 Å². The monoisotopic (exact) mass is 438 g/mol. The van der Waals surface area contributed by atoms with Gasteiger partial charge >= 0.3 is 11.8 Å². The van der Waals surface area contributed by atoms with Crippen molar-refractivity contribution in [2.75, 3.05) is 23.8 Å². The number of para-hydroxylation sites is 2. The van der Waals surface area contributed by atoms with Gasteiger partial charge in [0.2, 0.25) is 5.91 Å². The number of hydrogen-bond acceptors (Lipinski definition) is 5. The lowest BCUT2D eigenvalue weighted by Crippen LogP contribution is -2.35. The lowest BCUT2D eigenvalue weighted by Gasteiger charge is -2.12. The minimum atomic E-state index is -0.422. The predicted octanol–water partition coefficient (Wildman–Crippen LogP) is 3.31. The number of carbonyl (C=O) groups is 2. The zero-order valence-corrected chi connectivity index (χ0v) is 17.6. The molecule has 0 bridgehead atoms. The number of hydrogen-bond donors (Lipinski definition) is 3. The van der Waals surface area contributed by atoms with E-state index in [9.17, 15) is 14.4 Å². The van der Waals surface area contributed by atoms with E-state index < -0.39 is 5.76 Å². The lowest BCUT2D eigenvalue weighted by atomic mass is 10.2. The van der Waals surface area contributed by atoms with Crippen molar-refractivity contribution in [3.8, 4) is 0 Å². The molecule has 4 rings (SSSR count). The molecule has 1 aliphatic rings. The highest BCUT2D eigenvalue weighted by atomic mass is 16.5. The average Bonchev–Trinajstić information content (AvgIpc) is 3.41. The topological polar surface area (TPSA) is 115 Å². The molecular weight excluding hydrogens is 412 g/mol. The molecule has 1 aliphatic heterocycles. The van der Waals surface area contributed by atoms with Crippen LogP contribution in [0, 0.1) is 0 Å². The molecule has 1 atom stereocenters. The zero-order valence-electron chi connectivity index (χ0n) is 17.6. The van der Waals surface area contributed by atoms with E-state index in [2.05, 4.69) is 16.0 Å². The van der Waals surface area contributed by atoms with E-state index in [1.165, 1.54) is 4.57 Å². The smallest absolute Gasteiger partial charge is 0.408 e. The fourth-order valence-electron chi connectivity index (χ4n) is 3.67. The molecule has 2 aromatic carbocycles. The molecular formula is C23H26N4O5. The van der Waals surface area contributed by atoms with Gasteiger partial charge in [0, 0.05) is 37.5 Å². The molecule has 3 aromatic rings. The van der Waals surface area contributed by atoms with Crippen molar-refractivity contribution in [3.05, 3.63) is 59.1 Å². The third-order valence-electron chi connectivity index (χ3n) is 5.30. The molecule has 1 aromatic heterocycles. The largest absolute Gasteiger partial charge is 0.419 e. The predicted molar refractivity (Wildman–Crippen MR) is 121 cm³/mol. The number of benzene rings is 2. The van der Waals surface area contributed by atoms with Gasteiger partial charge in [-0.1, -0.05) is 12.1 Å². The highest BCUT2D eigenvalue weighted by Gasteiger charge is 2.16. The Morgan fingerprint density at radius 3 is 2.53 bits per heavy atom. The van der Waals surface area contributed by atoms with Crippen molar-refractivity contribution in [1.29, 1.82) is 0 Å². The third kappa shape index (κ3) is 5.55. The standard InChI is InChI=1S/C23H26N4O5/c28-21(8-3-13-27-19-6-1-2-7-20(19)32-23(27)30)25-16-9-11-17(12-10-16)26-22(29)24-15-18-5-4-14-31-18/h1-2,6-7,9-12,18H,3-5,8,13-15H2,(H,25,28)(H2,24,26,29). The number of nitrogens with zero attached hydrogens (tertiary/aromatic N) is 1. The second kappa shape index (κ2) is 10.1. The fourth-order valence-corrected chi connectivity index (χ4v) is 3.67. The van der Waals surface area contributed by atoms with E-state index >= 15 is 0 Å². The number of carbonyl (C=O) groups excluding carboxylic acids is 2. The number of urea groups is 1. The summed E-state index contributed by atoms with van der Waals surface area (Å²) in [5.41, 5.74) is 2.52. The Morgan fingerprint density at radius 2 is 1.78 bits per heavy atom. The number of amides is 3. The highest BCUT2D eigenvalue weighted by molar-refractivity contribution is 5.92. The summed E-state index contributed by atoms with van der Waals surface area (Å²) < 4.78 is 12.2. The van der Waals surface area contributed by atoms with Crippen LogP contribution < -0.4 is 21.7 Å². The summed E-state index contributed by atoms with van der Waals surface area (Å²) in [4.78, 5) is 36.2. The number of oxazole rings is 1. The third-order valence-corrected chi connectivity index (χ3v) is 5.30. The number of fused-ring (bicyclic) bond motifs is 1. The summed E-state index contributed by atoms with van der Waals surface area (Å²) >= 11 is 0. The van der Waals surface area contributed by atoms with Gasteiger partial charge in [0.05, 0.1) is 11.6 Å². The Morgan fingerprint density at radius 1 is 1.03 bits per heavy atom. The van der Waals surface area contributed by atoms with Gasteiger partial charge < -0.3 is 25.1 Å². The first kappa shape index (κ1) is 21.6. The van der Waals surface area contributed by atoms with E-state index in [1.54, 1.807) is 30.3 Å². The normalized spacial score (nSPS) is 15.6. The van der Waals surface area contributed by atoms with Gasteiger partial charge in [0.15, 0.2) is 5.58 Å². The lowest BCUT2D eigenvalue weighted by molar-refractivity contribution is -0.116. The molecule has 3 N–H and O–H groups in total. The number of aromatic nitrogens is 1. The van der Waals surface area contributed by atoms with E-state index in [0.29, 0.717) is 36.5 Å². The summed E-state index contributed by atoms with van der Waals surface area (Å²) in [5.74, 6) is -0.574. The molecule has 9 nitrogen and oxygen atoms in total. The Hall–Kier alpha value is -3.59. The minimum Gasteiger partial charge on any atom is -0.408 e. The van der Waals surface area contributed by atoms with Gasteiger partial charge in [0.1, 0.15) is 0 Å². The summed E-state index contributed by atoms with van der Waals surface area (Å²) in [5, 5.41) is 8.37. The van der Waals surface area contributed by atoms with Gasteiger partial charge in [-0.25, -0.2) is 9.59 Å². The molecule has 0 radical (unpaired) electrons. The second-order valence-electron chi connectivity index (χ2n) is 7.69. The maximum atomic E-state index is 12.2. The molecule has 1 fully saturated rings. The Bertz CT molecular complexity index is 1130. The molecule has 2 heterocycles. The summed E-state index contributed by atoms with van der Waals surface area (Å²) in [7, 11) is 0. The van der Waals surface area contributed by atoms with Gasteiger partial charge in [-0.05, 0) is 55.7 Å². The first-order valence-electron chi connectivity index (χ1n) is 10.7. The number of nitrogens with one attached hydrogen (secondary N) is 3. The van der Waals surface area contributed by atoms with Crippen molar-refractivity contribution in [3.63, 3.8) is 0 Å². The van der Waals surface area contributed by atoms with Crippen LogP contribution in [0.25, 0.3) is 11.1 Å². The molecule has 0 spiro atoms. The maximum absolute atomic E-state index is 12.2. The quantitative estimate of drug-likeness (QED) is 0.499. The summed E-state index contributed by atoms with van der Waals surface area (Å²) in [6.45, 7) is 1.63.